The predicted molar refractivity (Wildman–Crippen MR) is 95.7 cm³/mol. The molecule has 0 heterocycles. The average Bonchev–Trinajstić information content (AvgIpc) is 2.53. The molecule has 0 spiro atoms. The standard InChI is InChI=1S/C22H28/c1-4-17-7-6-8-21(14-17)18(5-2)13-16(3)20-11-9-19-10-12-22(19)15-20/h6-9,11,14-16,18H,4-5,10,12-13H2,1-3H3. The van der Waals surface area contributed by atoms with Gasteiger partial charge in [0.2, 0.25) is 0 Å². The maximum Gasteiger partial charge on any atom is -0.0159 e. The molecule has 0 saturated heterocycles. The minimum absolute atomic E-state index is 0.640. The maximum atomic E-state index is 2.46. The number of fused-ring (bicyclic) bond motifs is 1. The van der Waals surface area contributed by atoms with Crippen LogP contribution in [-0.4, -0.2) is 0 Å². The molecule has 1 aliphatic rings. The quantitative estimate of drug-likeness (QED) is 0.609. The lowest BCUT2D eigenvalue weighted by Gasteiger charge is -2.24. The van der Waals surface area contributed by atoms with Gasteiger partial charge in [-0.05, 0) is 71.8 Å². The zero-order valence-electron chi connectivity index (χ0n) is 14.2. The normalized spacial score (nSPS) is 15.8. The maximum absolute atomic E-state index is 2.46. The third kappa shape index (κ3) is 3.11. The number of hydrogen-bond donors (Lipinski definition) is 0. The molecule has 2 atom stereocenters. The van der Waals surface area contributed by atoms with Crippen molar-refractivity contribution in [3.63, 3.8) is 0 Å². The van der Waals surface area contributed by atoms with Gasteiger partial charge >= 0.3 is 0 Å². The van der Waals surface area contributed by atoms with Gasteiger partial charge in [-0.25, -0.2) is 0 Å². The van der Waals surface area contributed by atoms with Crippen molar-refractivity contribution in [1.82, 2.24) is 0 Å². The first-order valence-electron chi connectivity index (χ1n) is 8.91. The zero-order valence-corrected chi connectivity index (χ0v) is 14.2. The summed E-state index contributed by atoms with van der Waals surface area (Å²) < 4.78 is 0. The van der Waals surface area contributed by atoms with Crippen molar-refractivity contribution < 1.29 is 0 Å². The highest BCUT2D eigenvalue weighted by Gasteiger charge is 2.18. The van der Waals surface area contributed by atoms with Gasteiger partial charge in [-0.2, -0.15) is 0 Å². The van der Waals surface area contributed by atoms with Gasteiger partial charge in [0.15, 0.2) is 0 Å². The topological polar surface area (TPSA) is 0 Å². The highest BCUT2D eigenvalue weighted by atomic mass is 14.2. The molecule has 0 radical (unpaired) electrons. The van der Waals surface area contributed by atoms with Gasteiger partial charge in [-0.3, -0.25) is 0 Å². The summed E-state index contributed by atoms with van der Waals surface area (Å²) in [6.45, 7) is 6.96. The van der Waals surface area contributed by atoms with E-state index < -0.39 is 0 Å². The van der Waals surface area contributed by atoms with Crippen LogP contribution in [0.2, 0.25) is 0 Å². The molecule has 0 bridgehead atoms. The summed E-state index contributed by atoms with van der Waals surface area (Å²) in [6.07, 6.45) is 6.17. The van der Waals surface area contributed by atoms with Crippen LogP contribution >= 0.6 is 0 Å². The van der Waals surface area contributed by atoms with Crippen molar-refractivity contribution in [2.75, 3.05) is 0 Å². The van der Waals surface area contributed by atoms with E-state index in [2.05, 4.69) is 63.2 Å². The second-order valence-corrected chi connectivity index (χ2v) is 6.87. The van der Waals surface area contributed by atoms with Crippen molar-refractivity contribution in [1.29, 1.82) is 0 Å². The van der Waals surface area contributed by atoms with Crippen LogP contribution in [0.5, 0.6) is 0 Å². The fourth-order valence-corrected chi connectivity index (χ4v) is 3.69. The van der Waals surface area contributed by atoms with Gasteiger partial charge in [0.25, 0.3) is 0 Å². The molecule has 22 heavy (non-hydrogen) atoms. The molecular formula is C22H28. The van der Waals surface area contributed by atoms with E-state index in [4.69, 9.17) is 0 Å². The molecule has 2 aromatic rings. The van der Waals surface area contributed by atoms with E-state index in [0.29, 0.717) is 11.8 Å². The molecule has 1 aliphatic carbocycles. The molecule has 2 unspecified atom stereocenters. The third-order valence-corrected chi connectivity index (χ3v) is 5.42. The first kappa shape index (κ1) is 15.3. The Morgan fingerprint density at radius 1 is 0.909 bits per heavy atom. The van der Waals surface area contributed by atoms with Crippen molar-refractivity contribution in [3.05, 3.63) is 70.3 Å². The Kier molecular flexibility index (Phi) is 4.66. The van der Waals surface area contributed by atoms with E-state index in [0.717, 1.165) is 6.42 Å². The molecule has 0 heteroatoms. The molecule has 0 saturated carbocycles. The van der Waals surface area contributed by atoms with Gasteiger partial charge in [0, 0.05) is 0 Å². The molecule has 0 amide bonds. The monoisotopic (exact) mass is 292 g/mol. The summed E-state index contributed by atoms with van der Waals surface area (Å²) in [6, 6.07) is 16.4. The van der Waals surface area contributed by atoms with Crippen LogP contribution in [0.15, 0.2) is 42.5 Å². The minimum Gasteiger partial charge on any atom is -0.0648 e. The van der Waals surface area contributed by atoms with Crippen LogP contribution in [-0.2, 0) is 19.3 Å². The van der Waals surface area contributed by atoms with Crippen molar-refractivity contribution in [3.8, 4) is 0 Å². The molecule has 0 N–H and O–H groups in total. The first-order valence-corrected chi connectivity index (χ1v) is 8.91. The van der Waals surface area contributed by atoms with E-state index in [-0.39, 0.29) is 0 Å². The second kappa shape index (κ2) is 6.69. The van der Waals surface area contributed by atoms with Crippen LogP contribution in [0.4, 0.5) is 0 Å². The Morgan fingerprint density at radius 2 is 1.73 bits per heavy atom. The van der Waals surface area contributed by atoms with Crippen LogP contribution < -0.4 is 0 Å². The molecule has 116 valence electrons. The van der Waals surface area contributed by atoms with Crippen LogP contribution in [0.25, 0.3) is 0 Å². The molecule has 3 rings (SSSR count). The van der Waals surface area contributed by atoms with Crippen LogP contribution in [0.1, 0.15) is 73.3 Å². The minimum atomic E-state index is 0.640. The van der Waals surface area contributed by atoms with Gasteiger partial charge in [-0.1, -0.05) is 63.2 Å². The Balaban J connectivity index is 1.74. The summed E-state index contributed by atoms with van der Waals surface area (Å²) in [7, 11) is 0. The predicted octanol–water partition coefficient (Wildman–Crippen LogP) is 6.04. The Labute approximate surface area is 135 Å². The fraction of sp³-hybridized carbons (Fsp3) is 0.455. The lowest BCUT2D eigenvalue weighted by Crippen LogP contribution is -2.10. The van der Waals surface area contributed by atoms with Crippen LogP contribution in [0, 0.1) is 0 Å². The molecule has 0 nitrogen and oxygen atoms in total. The van der Waals surface area contributed by atoms with Crippen LogP contribution in [0.3, 0.4) is 0 Å². The van der Waals surface area contributed by atoms with Gasteiger partial charge in [-0.15, -0.1) is 0 Å². The SMILES string of the molecule is CCc1cccc(C(CC)CC(C)c2ccc3c(c2)CC3)c1. The molecule has 0 fully saturated rings. The summed E-state index contributed by atoms with van der Waals surface area (Å²) in [4.78, 5) is 0. The zero-order chi connectivity index (χ0) is 15.5. The number of benzene rings is 2. The number of rotatable bonds is 6. The lowest BCUT2D eigenvalue weighted by atomic mass is 9.81. The van der Waals surface area contributed by atoms with E-state index in [1.807, 2.05) is 0 Å². The Hall–Kier alpha value is -1.56. The second-order valence-electron chi connectivity index (χ2n) is 6.87. The van der Waals surface area contributed by atoms with Crippen molar-refractivity contribution in [2.24, 2.45) is 0 Å². The van der Waals surface area contributed by atoms with E-state index >= 15 is 0 Å². The smallest absolute Gasteiger partial charge is 0.0159 e. The summed E-state index contributed by atoms with van der Waals surface area (Å²) in [5.41, 5.74) is 7.68. The molecule has 2 aromatic carbocycles. The highest BCUT2D eigenvalue weighted by molar-refractivity contribution is 5.40. The fourth-order valence-electron chi connectivity index (χ4n) is 3.69. The Bertz CT molecular complexity index is 638. The highest BCUT2D eigenvalue weighted by Crippen LogP contribution is 2.34. The first-order chi connectivity index (χ1) is 10.7. The number of hydrogen-bond acceptors (Lipinski definition) is 0. The van der Waals surface area contributed by atoms with E-state index in [9.17, 15) is 0 Å². The lowest BCUT2D eigenvalue weighted by molar-refractivity contribution is 0.543. The van der Waals surface area contributed by atoms with Crippen molar-refractivity contribution >= 4 is 0 Å². The summed E-state index contributed by atoms with van der Waals surface area (Å²) in [5, 5.41) is 0. The van der Waals surface area contributed by atoms with Gasteiger partial charge in [0.1, 0.15) is 0 Å². The summed E-state index contributed by atoms with van der Waals surface area (Å²) >= 11 is 0. The molecular weight excluding hydrogens is 264 g/mol. The summed E-state index contributed by atoms with van der Waals surface area (Å²) in [5.74, 6) is 1.31. The largest absolute Gasteiger partial charge is 0.0648 e. The molecule has 0 aliphatic heterocycles. The van der Waals surface area contributed by atoms with E-state index in [1.165, 1.54) is 42.4 Å². The average molecular weight is 292 g/mol. The third-order valence-electron chi connectivity index (χ3n) is 5.42. The number of aryl methyl sites for hydroxylation is 3. The van der Waals surface area contributed by atoms with Gasteiger partial charge in [0.05, 0.1) is 0 Å². The molecule has 0 aromatic heterocycles. The van der Waals surface area contributed by atoms with Crippen molar-refractivity contribution in [2.45, 2.75) is 64.7 Å². The Morgan fingerprint density at radius 3 is 2.36 bits per heavy atom. The van der Waals surface area contributed by atoms with Gasteiger partial charge < -0.3 is 0 Å². The van der Waals surface area contributed by atoms with E-state index in [1.54, 1.807) is 11.1 Å².